The molecule has 0 bridgehead atoms. The number of hydrogen-bond donors (Lipinski definition) is 0. The molecule has 6 heteroatoms. The maximum absolute atomic E-state index is 5.97. The number of aryl methyl sites for hydroxylation is 1. The third kappa shape index (κ3) is 4.18. The van der Waals surface area contributed by atoms with E-state index in [2.05, 4.69) is 39.4 Å². The number of aromatic nitrogens is 3. The van der Waals surface area contributed by atoms with E-state index in [0.29, 0.717) is 6.61 Å². The normalized spacial score (nSPS) is 17.8. The third-order valence-corrected chi connectivity index (χ3v) is 4.83. The summed E-state index contributed by atoms with van der Waals surface area (Å²) in [6.45, 7) is 3.35. The Morgan fingerprint density at radius 1 is 1.19 bits per heavy atom. The molecule has 6 nitrogen and oxygen atoms in total. The van der Waals surface area contributed by atoms with Crippen molar-refractivity contribution in [2.75, 3.05) is 26.8 Å². The van der Waals surface area contributed by atoms with Gasteiger partial charge in [0.25, 0.3) is 0 Å². The highest BCUT2D eigenvalue weighted by molar-refractivity contribution is 5.64. The second-order valence-electron chi connectivity index (χ2n) is 6.82. The average Bonchev–Trinajstić information content (AvgIpc) is 3.13. The van der Waals surface area contributed by atoms with Gasteiger partial charge in [-0.3, -0.25) is 14.6 Å². The zero-order valence-electron chi connectivity index (χ0n) is 15.7. The van der Waals surface area contributed by atoms with Gasteiger partial charge in [0.15, 0.2) is 0 Å². The van der Waals surface area contributed by atoms with E-state index in [-0.39, 0.29) is 6.10 Å². The summed E-state index contributed by atoms with van der Waals surface area (Å²) in [4.78, 5) is 7.06. The van der Waals surface area contributed by atoms with Crippen molar-refractivity contribution in [1.82, 2.24) is 19.7 Å². The summed E-state index contributed by atoms with van der Waals surface area (Å²) in [6, 6.07) is 12.2. The van der Waals surface area contributed by atoms with Crippen molar-refractivity contribution in [3.63, 3.8) is 0 Å². The molecule has 4 rings (SSSR count). The molecule has 0 aliphatic carbocycles. The zero-order valence-corrected chi connectivity index (χ0v) is 15.7. The lowest BCUT2D eigenvalue weighted by Gasteiger charge is -2.32. The van der Waals surface area contributed by atoms with Crippen LogP contribution in [0.4, 0.5) is 0 Å². The van der Waals surface area contributed by atoms with Crippen LogP contribution in [0, 0.1) is 0 Å². The van der Waals surface area contributed by atoms with E-state index in [1.165, 1.54) is 5.56 Å². The van der Waals surface area contributed by atoms with Gasteiger partial charge in [-0.15, -0.1) is 0 Å². The van der Waals surface area contributed by atoms with Crippen molar-refractivity contribution in [1.29, 1.82) is 0 Å². The molecule has 3 heterocycles. The molecule has 1 aromatic carbocycles. The minimum absolute atomic E-state index is 0.00483. The van der Waals surface area contributed by atoms with Crippen LogP contribution in [0.15, 0.2) is 55.0 Å². The van der Waals surface area contributed by atoms with E-state index in [1.807, 2.05) is 42.3 Å². The molecule has 1 aliphatic rings. The van der Waals surface area contributed by atoms with Gasteiger partial charge in [-0.05, 0) is 23.8 Å². The summed E-state index contributed by atoms with van der Waals surface area (Å²) >= 11 is 0. The molecule has 0 spiro atoms. The highest BCUT2D eigenvalue weighted by Gasteiger charge is 2.23. The topological polar surface area (TPSA) is 52.4 Å². The monoisotopic (exact) mass is 364 g/mol. The van der Waals surface area contributed by atoms with Crippen molar-refractivity contribution in [3.05, 3.63) is 66.2 Å². The second-order valence-corrected chi connectivity index (χ2v) is 6.82. The molecule has 140 valence electrons. The lowest BCUT2D eigenvalue weighted by atomic mass is 10.1. The fraction of sp³-hybridized carbons (Fsp3) is 0.333. The molecule has 0 saturated carbocycles. The molecule has 1 atom stereocenters. The number of benzene rings is 1. The van der Waals surface area contributed by atoms with Crippen LogP contribution in [0.1, 0.15) is 17.4 Å². The maximum atomic E-state index is 5.97. The molecule has 27 heavy (non-hydrogen) atoms. The molecule has 1 aliphatic heterocycles. The van der Waals surface area contributed by atoms with Gasteiger partial charge in [-0.25, -0.2) is 0 Å². The van der Waals surface area contributed by atoms with Gasteiger partial charge in [0.05, 0.1) is 25.6 Å². The standard InChI is InChI=1S/C21H24N4O2/c1-24-13-16(11-23-24)14-25-8-9-27-21(15-25)20-7-6-18(12-22-20)17-4-3-5-19(10-17)26-2/h3-7,10-13,21H,8-9,14-15H2,1-2H3/t21-/m1/s1. The van der Waals surface area contributed by atoms with Gasteiger partial charge < -0.3 is 9.47 Å². The molecule has 3 aromatic rings. The van der Waals surface area contributed by atoms with Gasteiger partial charge in [0.1, 0.15) is 11.9 Å². The SMILES string of the molecule is COc1cccc(-c2ccc([C@H]3CN(Cc4cnn(C)c4)CCO3)nc2)c1. The van der Waals surface area contributed by atoms with E-state index in [9.17, 15) is 0 Å². The second kappa shape index (κ2) is 7.90. The summed E-state index contributed by atoms with van der Waals surface area (Å²) < 4.78 is 13.1. The largest absolute Gasteiger partial charge is 0.497 e. The minimum Gasteiger partial charge on any atom is -0.497 e. The molecule has 1 saturated heterocycles. The Labute approximate surface area is 159 Å². The Kier molecular flexibility index (Phi) is 5.18. The number of rotatable bonds is 5. The average molecular weight is 364 g/mol. The van der Waals surface area contributed by atoms with Gasteiger partial charge in [-0.2, -0.15) is 5.10 Å². The fourth-order valence-corrected chi connectivity index (χ4v) is 3.41. The van der Waals surface area contributed by atoms with Crippen LogP contribution in [0.2, 0.25) is 0 Å². The third-order valence-electron chi connectivity index (χ3n) is 4.83. The van der Waals surface area contributed by atoms with Crippen molar-refractivity contribution >= 4 is 0 Å². The Balaban J connectivity index is 1.44. The lowest BCUT2D eigenvalue weighted by Crippen LogP contribution is -2.38. The van der Waals surface area contributed by atoms with E-state index in [1.54, 1.807) is 7.11 Å². The van der Waals surface area contributed by atoms with Crippen LogP contribution < -0.4 is 4.74 Å². The summed E-state index contributed by atoms with van der Waals surface area (Å²) in [5.41, 5.74) is 4.36. The molecule has 0 unspecified atom stereocenters. The van der Waals surface area contributed by atoms with Crippen molar-refractivity contribution < 1.29 is 9.47 Å². The van der Waals surface area contributed by atoms with Crippen molar-refractivity contribution in [2.45, 2.75) is 12.6 Å². The van der Waals surface area contributed by atoms with E-state index in [4.69, 9.17) is 9.47 Å². The highest BCUT2D eigenvalue weighted by atomic mass is 16.5. The summed E-state index contributed by atoms with van der Waals surface area (Å²) in [5.74, 6) is 0.846. The first-order valence-corrected chi connectivity index (χ1v) is 9.13. The number of hydrogen-bond acceptors (Lipinski definition) is 5. The highest BCUT2D eigenvalue weighted by Crippen LogP contribution is 2.26. The molecular formula is C21H24N4O2. The number of methoxy groups -OCH3 is 1. The van der Waals surface area contributed by atoms with Crippen LogP contribution >= 0.6 is 0 Å². The Morgan fingerprint density at radius 2 is 2.11 bits per heavy atom. The lowest BCUT2D eigenvalue weighted by molar-refractivity contribution is -0.0349. The number of morpholine rings is 1. The van der Waals surface area contributed by atoms with Crippen LogP contribution in [0.3, 0.4) is 0 Å². The Bertz CT molecular complexity index is 891. The van der Waals surface area contributed by atoms with Crippen molar-refractivity contribution in [3.8, 4) is 16.9 Å². The van der Waals surface area contributed by atoms with Crippen LogP contribution in [-0.2, 0) is 18.3 Å². The van der Waals surface area contributed by atoms with E-state index < -0.39 is 0 Å². The van der Waals surface area contributed by atoms with Crippen molar-refractivity contribution in [2.24, 2.45) is 7.05 Å². The summed E-state index contributed by atoms with van der Waals surface area (Å²) in [6.07, 6.45) is 5.89. The molecule has 2 aromatic heterocycles. The number of pyridine rings is 1. The molecule has 0 radical (unpaired) electrons. The predicted molar refractivity (Wildman–Crippen MR) is 103 cm³/mol. The zero-order chi connectivity index (χ0) is 18.6. The van der Waals surface area contributed by atoms with Gasteiger partial charge in [-0.1, -0.05) is 18.2 Å². The minimum atomic E-state index is -0.00483. The van der Waals surface area contributed by atoms with E-state index >= 15 is 0 Å². The van der Waals surface area contributed by atoms with Gasteiger partial charge in [0, 0.05) is 50.2 Å². The smallest absolute Gasteiger partial charge is 0.119 e. The first kappa shape index (κ1) is 17.7. The van der Waals surface area contributed by atoms with Crippen LogP contribution in [-0.4, -0.2) is 46.5 Å². The Hall–Kier alpha value is -2.70. The van der Waals surface area contributed by atoms with E-state index in [0.717, 1.165) is 42.2 Å². The molecular weight excluding hydrogens is 340 g/mol. The summed E-state index contributed by atoms with van der Waals surface area (Å²) in [5, 5.41) is 4.25. The van der Waals surface area contributed by atoms with Crippen LogP contribution in [0.25, 0.3) is 11.1 Å². The molecule has 1 fully saturated rings. The number of ether oxygens (including phenoxy) is 2. The van der Waals surface area contributed by atoms with Gasteiger partial charge in [0.2, 0.25) is 0 Å². The quantitative estimate of drug-likeness (QED) is 0.696. The van der Waals surface area contributed by atoms with Gasteiger partial charge >= 0.3 is 0 Å². The predicted octanol–water partition coefficient (Wildman–Crippen LogP) is 3.06. The number of nitrogens with zero attached hydrogens (tertiary/aromatic N) is 4. The van der Waals surface area contributed by atoms with Crippen LogP contribution in [0.5, 0.6) is 5.75 Å². The maximum Gasteiger partial charge on any atom is 0.119 e. The molecule has 0 amide bonds. The molecule has 0 N–H and O–H groups in total. The Morgan fingerprint density at radius 3 is 2.85 bits per heavy atom. The first-order chi connectivity index (χ1) is 13.2. The first-order valence-electron chi connectivity index (χ1n) is 9.13. The fourth-order valence-electron chi connectivity index (χ4n) is 3.41. The summed E-state index contributed by atoms with van der Waals surface area (Å²) in [7, 11) is 3.62.